The minimum atomic E-state index is -0.641. The smallest absolute Gasteiger partial charge is 0.306 e. The standard InChI is InChI=1S/C12H22O3/c1-8(2)11(14)9(3)7-10(13)15-12(4,5)6/h9,11,14H,1,7H2,2-6H3/t9-,11?/m1/s1. The van der Waals surface area contributed by atoms with Crippen LogP contribution in [0.3, 0.4) is 0 Å². The van der Waals surface area contributed by atoms with Crippen LogP contribution in [0.15, 0.2) is 12.2 Å². The second-order valence-corrected chi connectivity index (χ2v) is 5.06. The van der Waals surface area contributed by atoms with Gasteiger partial charge in [-0.25, -0.2) is 0 Å². The van der Waals surface area contributed by atoms with Crippen LogP contribution in [-0.4, -0.2) is 22.8 Å². The van der Waals surface area contributed by atoms with E-state index in [4.69, 9.17) is 4.74 Å². The second-order valence-electron chi connectivity index (χ2n) is 5.06. The van der Waals surface area contributed by atoms with Gasteiger partial charge in [-0.2, -0.15) is 0 Å². The van der Waals surface area contributed by atoms with Gasteiger partial charge in [-0.1, -0.05) is 19.1 Å². The van der Waals surface area contributed by atoms with Crippen LogP contribution in [-0.2, 0) is 9.53 Å². The highest BCUT2D eigenvalue weighted by Crippen LogP contribution is 2.17. The minimum absolute atomic E-state index is 0.155. The van der Waals surface area contributed by atoms with E-state index in [2.05, 4.69) is 6.58 Å². The highest BCUT2D eigenvalue weighted by Gasteiger charge is 2.22. The lowest BCUT2D eigenvalue weighted by Gasteiger charge is -2.23. The number of aliphatic hydroxyl groups is 1. The Labute approximate surface area is 92.1 Å². The van der Waals surface area contributed by atoms with Crippen LogP contribution >= 0.6 is 0 Å². The fourth-order valence-electron chi connectivity index (χ4n) is 1.24. The third kappa shape index (κ3) is 6.28. The average Bonchev–Trinajstić information content (AvgIpc) is 1.98. The van der Waals surface area contributed by atoms with Gasteiger partial charge in [0, 0.05) is 0 Å². The van der Waals surface area contributed by atoms with Crippen LogP contribution in [0.4, 0.5) is 0 Å². The molecule has 0 saturated carbocycles. The van der Waals surface area contributed by atoms with Crippen LogP contribution < -0.4 is 0 Å². The largest absolute Gasteiger partial charge is 0.460 e. The molecule has 0 heterocycles. The predicted molar refractivity (Wildman–Crippen MR) is 60.4 cm³/mol. The van der Waals surface area contributed by atoms with Crippen molar-refractivity contribution in [1.82, 2.24) is 0 Å². The molecule has 0 aliphatic carbocycles. The van der Waals surface area contributed by atoms with Gasteiger partial charge in [0.1, 0.15) is 5.60 Å². The first-order valence-electron chi connectivity index (χ1n) is 5.19. The molecule has 0 aromatic heterocycles. The Hall–Kier alpha value is -0.830. The summed E-state index contributed by atoms with van der Waals surface area (Å²) in [6.45, 7) is 12.7. The molecule has 0 rings (SSSR count). The van der Waals surface area contributed by atoms with E-state index in [0.717, 1.165) is 0 Å². The van der Waals surface area contributed by atoms with Crippen LogP contribution in [0.2, 0.25) is 0 Å². The van der Waals surface area contributed by atoms with Gasteiger partial charge in [0.15, 0.2) is 0 Å². The van der Waals surface area contributed by atoms with Crippen molar-refractivity contribution in [3.8, 4) is 0 Å². The molecule has 1 unspecified atom stereocenters. The van der Waals surface area contributed by atoms with Crippen molar-refractivity contribution in [2.24, 2.45) is 5.92 Å². The highest BCUT2D eigenvalue weighted by atomic mass is 16.6. The predicted octanol–water partition coefficient (Wildman–Crippen LogP) is 2.29. The van der Waals surface area contributed by atoms with E-state index >= 15 is 0 Å². The lowest BCUT2D eigenvalue weighted by atomic mass is 9.96. The maximum atomic E-state index is 11.4. The molecule has 3 nitrogen and oxygen atoms in total. The zero-order valence-corrected chi connectivity index (χ0v) is 10.3. The molecular formula is C12H22O3. The van der Waals surface area contributed by atoms with Crippen molar-refractivity contribution in [2.45, 2.75) is 52.7 Å². The Morgan fingerprint density at radius 2 is 1.93 bits per heavy atom. The fourth-order valence-corrected chi connectivity index (χ4v) is 1.24. The summed E-state index contributed by atoms with van der Waals surface area (Å²) in [6.07, 6.45) is -0.428. The molecule has 15 heavy (non-hydrogen) atoms. The van der Waals surface area contributed by atoms with Crippen molar-refractivity contribution in [3.63, 3.8) is 0 Å². The first kappa shape index (κ1) is 14.2. The number of esters is 1. The van der Waals surface area contributed by atoms with E-state index in [0.29, 0.717) is 5.57 Å². The van der Waals surface area contributed by atoms with Gasteiger partial charge in [0.25, 0.3) is 0 Å². The monoisotopic (exact) mass is 214 g/mol. The first-order chi connectivity index (χ1) is 6.63. The maximum absolute atomic E-state index is 11.4. The zero-order chi connectivity index (χ0) is 12.2. The summed E-state index contributed by atoms with van der Waals surface area (Å²) in [7, 11) is 0. The van der Waals surface area contributed by atoms with E-state index in [1.807, 2.05) is 27.7 Å². The first-order valence-corrected chi connectivity index (χ1v) is 5.19. The van der Waals surface area contributed by atoms with Crippen molar-refractivity contribution in [3.05, 3.63) is 12.2 Å². The van der Waals surface area contributed by atoms with Gasteiger partial charge in [-0.15, -0.1) is 0 Å². The molecule has 0 aromatic carbocycles. The highest BCUT2D eigenvalue weighted by molar-refractivity contribution is 5.70. The molecule has 0 aliphatic rings. The molecule has 0 aromatic rings. The third-order valence-electron chi connectivity index (χ3n) is 1.95. The summed E-state index contributed by atoms with van der Waals surface area (Å²) in [5.41, 5.74) is 0.205. The average molecular weight is 214 g/mol. The van der Waals surface area contributed by atoms with Gasteiger partial charge in [-0.05, 0) is 33.6 Å². The number of carbonyl (C=O) groups is 1. The number of carbonyl (C=O) groups excluding carboxylic acids is 1. The molecule has 0 spiro atoms. The van der Waals surface area contributed by atoms with Gasteiger partial charge in [0.05, 0.1) is 12.5 Å². The number of rotatable bonds is 4. The molecule has 0 amide bonds. The molecule has 88 valence electrons. The maximum Gasteiger partial charge on any atom is 0.306 e. The van der Waals surface area contributed by atoms with E-state index in [1.54, 1.807) is 6.92 Å². The molecule has 3 heteroatoms. The molecular weight excluding hydrogens is 192 g/mol. The van der Waals surface area contributed by atoms with Crippen molar-refractivity contribution in [1.29, 1.82) is 0 Å². The van der Waals surface area contributed by atoms with Crippen molar-refractivity contribution >= 4 is 5.97 Å². The van der Waals surface area contributed by atoms with E-state index in [9.17, 15) is 9.90 Å². The zero-order valence-electron chi connectivity index (χ0n) is 10.3. The summed E-state index contributed by atoms with van der Waals surface area (Å²) in [4.78, 5) is 11.4. The van der Waals surface area contributed by atoms with Crippen LogP contribution in [0.5, 0.6) is 0 Å². The quantitative estimate of drug-likeness (QED) is 0.577. The summed E-state index contributed by atoms with van der Waals surface area (Å²) in [5, 5.41) is 9.63. The number of aliphatic hydroxyl groups excluding tert-OH is 1. The molecule has 0 fully saturated rings. The topological polar surface area (TPSA) is 46.5 Å². The number of ether oxygens (including phenoxy) is 1. The summed E-state index contributed by atoms with van der Waals surface area (Å²) in [6, 6.07) is 0. The Morgan fingerprint density at radius 1 is 1.47 bits per heavy atom. The molecule has 0 saturated heterocycles. The van der Waals surface area contributed by atoms with Crippen molar-refractivity contribution < 1.29 is 14.6 Å². The van der Waals surface area contributed by atoms with Gasteiger partial charge < -0.3 is 9.84 Å². The Morgan fingerprint density at radius 3 is 2.27 bits per heavy atom. The molecule has 0 bridgehead atoms. The van der Waals surface area contributed by atoms with Gasteiger partial charge in [-0.3, -0.25) is 4.79 Å². The second kappa shape index (κ2) is 5.31. The summed E-state index contributed by atoms with van der Waals surface area (Å²) < 4.78 is 5.16. The molecule has 1 N–H and O–H groups in total. The molecule has 0 radical (unpaired) electrons. The van der Waals surface area contributed by atoms with E-state index < -0.39 is 11.7 Å². The lowest BCUT2D eigenvalue weighted by molar-refractivity contribution is -0.156. The number of hydrogen-bond acceptors (Lipinski definition) is 3. The van der Waals surface area contributed by atoms with Crippen LogP contribution in [0, 0.1) is 5.92 Å². The Balaban J connectivity index is 4.13. The van der Waals surface area contributed by atoms with Crippen LogP contribution in [0.1, 0.15) is 41.0 Å². The molecule has 0 aliphatic heterocycles. The normalized spacial score (nSPS) is 15.6. The van der Waals surface area contributed by atoms with E-state index in [1.165, 1.54) is 0 Å². The minimum Gasteiger partial charge on any atom is -0.460 e. The van der Waals surface area contributed by atoms with Gasteiger partial charge in [0.2, 0.25) is 0 Å². The summed E-state index contributed by atoms with van der Waals surface area (Å²) in [5.74, 6) is -0.437. The van der Waals surface area contributed by atoms with Gasteiger partial charge >= 0.3 is 5.97 Å². The van der Waals surface area contributed by atoms with Crippen LogP contribution in [0.25, 0.3) is 0 Å². The summed E-state index contributed by atoms with van der Waals surface area (Å²) >= 11 is 0. The lowest BCUT2D eigenvalue weighted by Crippen LogP contribution is -2.28. The van der Waals surface area contributed by atoms with E-state index in [-0.39, 0.29) is 18.3 Å². The number of hydrogen-bond donors (Lipinski definition) is 1. The Bertz CT molecular complexity index is 238. The third-order valence-corrected chi connectivity index (χ3v) is 1.95. The van der Waals surface area contributed by atoms with Crippen molar-refractivity contribution in [2.75, 3.05) is 0 Å². The fraction of sp³-hybridized carbons (Fsp3) is 0.750. The Kier molecular flexibility index (Phi) is 5.01. The molecule has 2 atom stereocenters. The SMILES string of the molecule is C=C(C)C(O)[C@H](C)CC(=O)OC(C)(C)C.